The number of carboxylic acid groups (broad SMARTS) is 2. The van der Waals surface area contributed by atoms with Crippen molar-refractivity contribution in [2.24, 2.45) is 0 Å². The highest BCUT2D eigenvalue weighted by atomic mass is 35.5. The molecule has 0 unspecified atom stereocenters. The number of pyridine rings is 1. The second kappa shape index (κ2) is 8.77. The van der Waals surface area contributed by atoms with Crippen molar-refractivity contribution in [3.63, 3.8) is 0 Å². The van der Waals surface area contributed by atoms with Crippen LogP contribution in [0.1, 0.15) is 12.8 Å². The van der Waals surface area contributed by atoms with Crippen LogP contribution >= 0.6 is 11.6 Å². The summed E-state index contributed by atoms with van der Waals surface area (Å²) in [6, 6.07) is -0.775. The van der Waals surface area contributed by atoms with Gasteiger partial charge in [0.05, 0.1) is 11.9 Å². The third kappa shape index (κ3) is 5.16. The zero-order valence-corrected chi connectivity index (χ0v) is 12.9. The number of nitrogens with zero attached hydrogens (tertiary/aromatic N) is 2. The maximum absolute atomic E-state index is 14.1. The van der Waals surface area contributed by atoms with Crippen LogP contribution in [0, 0.1) is 5.82 Å². The van der Waals surface area contributed by atoms with Crippen LogP contribution in [-0.4, -0.2) is 51.4 Å². The lowest BCUT2D eigenvalue weighted by atomic mass is 10.1. The predicted molar refractivity (Wildman–Crippen MR) is 80.4 cm³/mol. The predicted octanol–water partition coefficient (Wildman–Crippen LogP) is 0.679. The molecule has 1 heterocycles. The van der Waals surface area contributed by atoms with Gasteiger partial charge in [-0.25, -0.2) is 14.2 Å². The van der Waals surface area contributed by atoms with Crippen LogP contribution in [0.25, 0.3) is 0 Å². The highest BCUT2D eigenvalue weighted by Crippen LogP contribution is 2.22. The lowest BCUT2D eigenvalue weighted by Crippen LogP contribution is -2.41. The number of carboxylic acids is 2. The summed E-state index contributed by atoms with van der Waals surface area (Å²) < 4.78 is 14.1. The lowest BCUT2D eigenvalue weighted by molar-refractivity contribution is -0.140. The molecule has 24 heavy (non-hydrogen) atoms. The Morgan fingerprint density at radius 1 is 1.42 bits per heavy atom. The number of carbonyl (C=O) groups excluding carboxylic acids is 2. The molecule has 0 radical (unpaired) electrons. The van der Waals surface area contributed by atoms with E-state index in [0.717, 1.165) is 12.3 Å². The summed E-state index contributed by atoms with van der Waals surface area (Å²) in [5.41, 5.74) is -0.0369. The van der Waals surface area contributed by atoms with Crippen LogP contribution in [0.3, 0.4) is 0 Å². The first kappa shape index (κ1) is 19.3. The van der Waals surface area contributed by atoms with Crippen molar-refractivity contribution < 1.29 is 33.8 Å². The Kier molecular flexibility index (Phi) is 7.05. The van der Waals surface area contributed by atoms with Gasteiger partial charge in [-0.3, -0.25) is 19.3 Å². The van der Waals surface area contributed by atoms with Crippen LogP contribution in [0.4, 0.5) is 15.9 Å². The van der Waals surface area contributed by atoms with Crippen molar-refractivity contribution in [3.05, 3.63) is 18.1 Å². The smallest absolute Gasteiger partial charge is 0.326 e. The van der Waals surface area contributed by atoms with Crippen LogP contribution in [0.15, 0.2) is 12.3 Å². The fourth-order valence-electron chi connectivity index (χ4n) is 1.80. The van der Waals surface area contributed by atoms with Gasteiger partial charge in [-0.05, 0) is 6.42 Å². The molecule has 130 valence electrons. The molecule has 0 spiro atoms. The third-order valence-electron chi connectivity index (χ3n) is 2.84. The van der Waals surface area contributed by atoms with Gasteiger partial charge in [0.15, 0.2) is 11.6 Å². The van der Waals surface area contributed by atoms with Crippen molar-refractivity contribution in [2.75, 3.05) is 16.1 Å². The average Bonchev–Trinajstić information content (AvgIpc) is 2.51. The number of anilines is 2. The van der Waals surface area contributed by atoms with E-state index in [1.807, 2.05) is 0 Å². The Labute approximate surface area is 140 Å². The second-order valence-electron chi connectivity index (χ2n) is 4.51. The van der Waals surface area contributed by atoms with E-state index in [2.05, 4.69) is 10.3 Å². The number of aliphatic carboxylic acids is 2. The molecular formula is C13H13ClFN3O6. The first-order chi connectivity index (χ1) is 11.3. The molecule has 0 aliphatic carbocycles. The summed E-state index contributed by atoms with van der Waals surface area (Å²) in [5, 5.41) is 20.0. The Morgan fingerprint density at radius 3 is 2.54 bits per heavy atom. The third-order valence-corrected chi connectivity index (χ3v) is 3.08. The van der Waals surface area contributed by atoms with Crippen LogP contribution in [0.5, 0.6) is 0 Å². The number of halogens is 2. The normalized spacial score (nSPS) is 11.4. The number of nitrogens with one attached hydrogen (secondary N) is 1. The molecule has 0 bridgehead atoms. The number of aromatic nitrogens is 1. The van der Waals surface area contributed by atoms with Gasteiger partial charge in [0.2, 0.25) is 12.3 Å². The van der Waals surface area contributed by atoms with Gasteiger partial charge in [-0.15, -0.1) is 11.6 Å². The van der Waals surface area contributed by atoms with Crippen molar-refractivity contribution in [1.82, 2.24) is 4.98 Å². The fraction of sp³-hybridized carbons (Fsp3) is 0.308. The summed E-state index contributed by atoms with van der Waals surface area (Å²) in [6.45, 7) is 0. The molecule has 0 saturated heterocycles. The maximum Gasteiger partial charge on any atom is 0.326 e. The molecule has 11 heteroatoms. The van der Waals surface area contributed by atoms with E-state index in [1.165, 1.54) is 0 Å². The van der Waals surface area contributed by atoms with E-state index in [1.54, 1.807) is 0 Å². The van der Waals surface area contributed by atoms with Crippen LogP contribution in [0.2, 0.25) is 0 Å². The van der Waals surface area contributed by atoms with Crippen molar-refractivity contribution in [2.45, 2.75) is 18.9 Å². The average molecular weight is 362 g/mol. The Bertz CT molecular complexity index is 657. The first-order valence-corrected chi connectivity index (χ1v) is 7.03. The molecule has 3 N–H and O–H groups in total. The quantitative estimate of drug-likeness (QED) is 0.434. The summed E-state index contributed by atoms with van der Waals surface area (Å²) in [5.74, 6) is -5.42. The molecule has 0 aliphatic heterocycles. The highest BCUT2D eigenvalue weighted by molar-refractivity contribution is 6.29. The monoisotopic (exact) mass is 361 g/mol. The molecule has 1 atom stereocenters. The molecule has 0 aliphatic rings. The number of alkyl halides is 1. The van der Waals surface area contributed by atoms with E-state index < -0.39 is 48.4 Å². The zero-order chi connectivity index (χ0) is 18.3. The van der Waals surface area contributed by atoms with Crippen molar-refractivity contribution in [1.29, 1.82) is 0 Å². The minimum atomic E-state index is -1.61. The second-order valence-corrected chi connectivity index (χ2v) is 4.78. The van der Waals surface area contributed by atoms with Gasteiger partial charge in [0.25, 0.3) is 0 Å². The molecule has 0 aromatic carbocycles. The SMILES string of the molecule is O=CN(c1ncc(NC(=O)CCl)cc1F)[C@@H](CCC(=O)O)C(=O)O. The van der Waals surface area contributed by atoms with Gasteiger partial charge in [0, 0.05) is 12.5 Å². The van der Waals surface area contributed by atoms with Crippen LogP contribution < -0.4 is 10.2 Å². The number of amides is 2. The van der Waals surface area contributed by atoms with Gasteiger partial charge in [-0.1, -0.05) is 0 Å². The zero-order valence-electron chi connectivity index (χ0n) is 12.1. The number of rotatable bonds is 9. The van der Waals surface area contributed by atoms with Gasteiger partial charge < -0.3 is 15.5 Å². The molecule has 2 amide bonds. The molecule has 0 fully saturated rings. The Balaban J connectivity index is 3.09. The summed E-state index contributed by atoms with van der Waals surface area (Å²) in [7, 11) is 0. The van der Waals surface area contributed by atoms with Crippen molar-refractivity contribution in [3.8, 4) is 0 Å². The van der Waals surface area contributed by atoms with E-state index in [4.69, 9.17) is 21.8 Å². The van der Waals surface area contributed by atoms with Gasteiger partial charge >= 0.3 is 11.9 Å². The molecule has 1 aromatic heterocycles. The Hall–Kier alpha value is -2.75. The van der Waals surface area contributed by atoms with Gasteiger partial charge in [-0.2, -0.15) is 0 Å². The number of hydrogen-bond acceptors (Lipinski definition) is 5. The standard InChI is InChI=1S/C13H13ClFN3O6/c14-4-10(20)17-7-3-8(15)12(16-5-7)18(6-19)9(13(23)24)1-2-11(21)22/h3,5-6,9H,1-2,4H2,(H,17,20)(H,21,22)(H,23,24)/t9-/m0/s1. The largest absolute Gasteiger partial charge is 0.481 e. The number of carbonyl (C=O) groups is 4. The van der Waals surface area contributed by atoms with Gasteiger partial charge in [0.1, 0.15) is 11.9 Å². The van der Waals surface area contributed by atoms with Crippen molar-refractivity contribution >= 4 is 47.4 Å². The van der Waals surface area contributed by atoms with E-state index >= 15 is 0 Å². The fourth-order valence-corrected chi connectivity index (χ4v) is 1.86. The topological polar surface area (TPSA) is 137 Å². The summed E-state index contributed by atoms with van der Waals surface area (Å²) >= 11 is 5.29. The minimum Gasteiger partial charge on any atom is -0.481 e. The lowest BCUT2D eigenvalue weighted by Gasteiger charge is -2.24. The van der Waals surface area contributed by atoms with E-state index in [9.17, 15) is 23.6 Å². The Morgan fingerprint density at radius 2 is 2.08 bits per heavy atom. The maximum atomic E-state index is 14.1. The van der Waals surface area contributed by atoms with Crippen LogP contribution in [-0.2, 0) is 19.2 Å². The molecular weight excluding hydrogens is 349 g/mol. The highest BCUT2D eigenvalue weighted by Gasteiger charge is 2.29. The number of hydrogen-bond donors (Lipinski definition) is 3. The minimum absolute atomic E-state index is 0.0369. The van der Waals surface area contributed by atoms with E-state index in [0.29, 0.717) is 4.90 Å². The summed E-state index contributed by atoms with van der Waals surface area (Å²) in [6.07, 6.45) is 0.0839. The van der Waals surface area contributed by atoms with E-state index in [-0.39, 0.29) is 18.0 Å². The molecule has 0 saturated carbocycles. The molecule has 1 aromatic rings. The first-order valence-electron chi connectivity index (χ1n) is 6.49. The molecule has 9 nitrogen and oxygen atoms in total. The summed E-state index contributed by atoms with van der Waals surface area (Å²) in [4.78, 5) is 48.2. The molecule has 1 rings (SSSR count).